The standard InChI is InChI=1S/C17H24BrNO2/c1-12-13(5-4-6-14(12)18)15(20)19-11-17(21)9-7-16(2,3)8-10-17/h4-6,21H,7-11H2,1-3H3,(H,19,20). The number of halogens is 1. The molecule has 1 saturated carbocycles. The van der Waals surface area contributed by atoms with Crippen LogP contribution in [0.4, 0.5) is 0 Å². The van der Waals surface area contributed by atoms with Crippen molar-refractivity contribution in [2.75, 3.05) is 6.54 Å². The van der Waals surface area contributed by atoms with Crippen LogP contribution in [-0.4, -0.2) is 23.2 Å². The molecule has 0 aromatic heterocycles. The third kappa shape index (κ3) is 4.07. The largest absolute Gasteiger partial charge is 0.388 e. The lowest BCUT2D eigenvalue weighted by atomic mass is 9.71. The smallest absolute Gasteiger partial charge is 0.251 e. The van der Waals surface area contributed by atoms with E-state index in [9.17, 15) is 9.90 Å². The van der Waals surface area contributed by atoms with Crippen molar-refractivity contribution in [1.82, 2.24) is 5.32 Å². The Kier molecular flexibility index (Phi) is 4.79. The van der Waals surface area contributed by atoms with Crippen LogP contribution in [0, 0.1) is 12.3 Å². The summed E-state index contributed by atoms with van der Waals surface area (Å²) in [6.07, 6.45) is 3.49. The van der Waals surface area contributed by atoms with Gasteiger partial charge in [-0.1, -0.05) is 35.8 Å². The first kappa shape index (κ1) is 16.5. The Morgan fingerprint density at radius 1 is 1.29 bits per heavy atom. The van der Waals surface area contributed by atoms with Crippen molar-refractivity contribution in [2.45, 2.75) is 52.1 Å². The molecule has 0 saturated heterocycles. The van der Waals surface area contributed by atoms with Crippen molar-refractivity contribution in [3.63, 3.8) is 0 Å². The van der Waals surface area contributed by atoms with Gasteiger partial charge in [0, 0.05) is 16.6 Å². The number of nitrogens with one attached hydrogen (secondary N) is 1. The summed E-state index contributed by atoms with van der Waals surface area (Å²) in [6.45, 7) is 6.71. The Hall–Kier alpha value is -0.870. The number of aliphatic hydroxyl groups is 1. The number of carbonyl (C=O) groups excluding carboxylic acids is 1. The Morgan fingerprint density at radius 3 is 2.52 bits per heavy atom. The lowest BCUT2D eigenvalue weighted by Gasteiger charge is -2.40. The Morgan fingerprint density at radius 2 is 1.90 bits per heavy atom. The number of hydrogen-bond donors (Lipinski definition) is 2. The molecule has 0 spiro atoms. The molecule has 1 amide bonds. The van der Waals surface area contributed by atoms with E-state index < -0.39 is 5.60 Å². The highest BCUT2D eigenvalue weighted by Crippen LogP contribution is 2.39. The van der Waals surface area contributed by atoms with Crippen molar-refractivity contribution in [2.24, 2.45) is 5.41 Å². The fraction of sp³-hybridized carbons (Fsp3) is 0.588. The quantitative estimate of drug-likeness (QED) is 0.867. The highest BCUT2D eigenvalue weighted by molar-refractivity contribution is 9.10. The van der Waals surface area contributed by atoms with Crippen molar-refractivity contribution < 1.29 is 9.90 Å². The molecule has 0 atom stereocenters. The molecule has 0 unspecified atom stereocenters. The normalized spacial score (nSPS) is 20.0. The minimum atomic E-state index is -0.759. The molecule has 0 aliphatic heterocycles. The molecule has 0 heterocycles. The lowest BCUT2D eigenvalue weighted by molar-refractivity contribution is -0.0233. The van der Waals surface area contributed by atoms with Crippen LogP contribution in [0.15, 0.2) is 22.7 Å². The van der Waals surface area contributed by atoms with Crippen LogP contribution in [0.25, 0.3) is 0 Å². The highest BCUT2D eigenvalue weighted by Gasteiger charge is 2.36. The molecule has 1 aromatic rings. The van der Waals surface area contributed by atoms with Crippen LogP contribution < -0.4 is 5.32 Å². The minimum Gasteiger partial charge on any atom is -0.388 e. The zero-order valence-electron chi connectivity index (χ0n) is 13.0. The number of rotatable bonds is 3. The van der Waals surface area contributed by atoms with Crippen LogP contribution in [-0.2, 0) is 0 Å². The van der Waals surface area contributed by atoms with Gasteiger partial charge in [-0.2, -0.15) is 0 Å². The molecule has 1 aliphatic carbocycles. The molecule has 1 fully saturated rings. The molecule has 1 aliphatic rings. The van der Waals surface area contributed by atoms with Gasteiger partial charge in [0.2, 0.25) is 0 Å². The van der Waals surface area contributed by atoms with Gasteiger partial charge < -0.3 is 10.4 Å². The number of hydrogen-bond acceptors (Lipinski definition) is 2. The predicted molar refractivity (Wildman–Crippen MR) is 88.4 cm³/mol. The first-order valence-electron chi connectivity index (χ1n) is 7.48. The van der Waals surface area contributed by atoms with E-state index in [1.807, 2.05) is 25.1 Å². The highest BCUT2D eigenvalue weighted by atomic mass is 79.9. The molecule has 3 nitrogen and oxygen atoms in total. The molecule has 2 rings (SSSR count). The maximum Gasteiger partial charge on any atom is 0.251 e. The summed E-state index contributed by atoms with van der Waals surface area (Å²) >= 11 is 3.44. The Labute approximate surface area is 135 Å². The molecular weight excluding hydrogens is 330 g/mol. The van der Waals surface area contributed by atoms with Crippen molar-refractivity contribution in [3.8, 4) is 0 Å². The summed E-state index contributed by atoms with van der Waals surface area (Å²) in [7, 11) is 0. The van der Waals surface area contributed by atoms with Crippen LogP contribution in [0.5, 0.6) is 0 Å². The van der Waals surface area contributed by atoms with E-state index in [0.717, 1.165) is 35.7 Å². The van der Waals surface area contributed by atoms with Gasteiger partial charge in [0.1, 0.15) is 0 Å². The molecule has 1 aromatic carbocycles. The summed E-state index contributed by atoms with van der Waals surface area (Å²) in [6, 6.07) is 5.58. The van der Waals surface area contributed by atoms with Gasteiger partial charge in [-0.25, -0.2) is 0 Å². The van der Waals surface area contributed by atoms with Gasteiger partial charge in [-0.15, -0.1) is 0 Å². The second kappa shape index (κ2) is 6.09. The summed E-state index contributed by atoms with van der Waals surface area (Å²) < 4.78 is 0.924. The van der Waals surface area contributed by atoms with Crippen molar-refractivity contribution >= 4 is 21.8 Å². The first-order valence-corrected chi connectivity index (χ1v) is 8.28. The number of carbonyl (C=O) groups is 1. The fourth-order valence-electron chi connectivity index (χ4n) is 2.76. The number of benzene rings is 1. The van der Waals surface area contributed by atoms with Crippen LogP contribution >= 0.6 is 15.9 Å². The van der Waals surface area contributed by atoms with E-state index in [1.54, 1.807) is 0 Å². The number of amides is 1. The molecule has 116 valence electrons. The van der Waals surface area contributed by atoms with Crippen LogP contribution in [0.3, 0.4) is 0 Å². The molecule has 4 heteroatoms. The van der Waals surface area contributed by atoms with E-state index in [4.69, 9.17) is 0 Å². The monoisotopic (exact) mass is 353 g/mol. The zero-order valence-corrected chi connectivity index (χ0v) is 14.6. The zero-order chi connectivity index (χ0) is 15.7. The topological polar surface area (TPSA) is 49.3 Å². The maximum atomic E-state index is 12.3. The van der Waals surface area contributed by atoms with Crippen molar-refractivity contribution in [3.05, 3.63) is 33.8 Å². The molecule has 0 radical (unpaired) electrons. The van der Waals surface area contributed by atoms with Crippen LogP contribution in [0.2, 0.25) is 0 Å². The van der Waals surface area contributed by atoms with E-state index in [-0.39, 0.29) is 5.91 Å². The van der Waals surface area contributed by atoms with Crippen molar-refractivity contribution in [1.29, 1.82) is 0 Å². The molecule has 2 N–H and O–H groups in total. The van der Waals surface area contributed by atoms with Gasteiger partial charge in [0.05, 0.1) is 5.60 Å². The van der Waals surface area contributed by atoms with E-state index in [1.165, 1.54) is 0 Å². The summed E-state index contributed by atoms with van der Waals surface area (Å²) in [5.41, 5.74) is 1.12. The van der Waals surface area contributed by atoms with E-state index in [2.05, 4.69) is 35.1 Å². The fourth-order valence-corrected chi connectivity index (χ4v) is 3.13. The van der Waals surface area contributed by atoms with Crippen LogP contribution in [0.1, 0.15) is 55.5 Å². The van der Waals surface area contributed by atoms with Gasteiger partial charge in [-0.05, 0) is 55.7 Å². The average Bonchev–Trinajstić information content (AvgIpc) is 2.43. The molecular formula is C17H24BrNO2. The second-order valence-electron chi connectivity index (χ2n) is 6.98. The van der Waals surface area contributed by atoms with Gasteiger partial charge >= 0.3 is 0 Å². The molecule has 21 heavy (non-hydrogen) atoms. The second-order valence-corrected chi connectivity index (χ2v) is 7.84. The van der Waals surface area contributed by atoms with Gasteiger partial charge in [-0.3, -0.25) is 4.79 Å². The third-order valence-corrected chi connectivity index (χ3v) is 5.48. The van der Waals surface area contributed by atoms with Gasteiger partial charge in [0.15, 0.2) is 0 Å². The lowest BCUT2D eigenvalue weighted by Crippen LogP contribution is -2.46. The third-order valence-electron chi connectivity index (χ3n) is 4.62. The predicted octanol–water partition coefficient (Wildman–Crippen LogP) is 3.82. The average molecular weight is 354 g/mol. The Bertz CT molecular complexity index is 530. The van der Waals surface area contributed by atoms with Gasteiger partial charge in [0.25, 0.3) is 5.91 Å². The SMILES string of the molecule is Cc1c(Br)cccc1C(=O)NCC1(O)CCC(C)(C)CC1. The van der Waals surface area contributed by atoms with E-state index >= 15 is 0 Å². The summed E-state index contributed by atoms with van der Waals surface area (Å²) in [5, 5.41) is 13.5. The summed E-state index contributed by atoms with van der Waals surface area (Å²) in [5.74, 6) is -0.118. The minimum absolute atomic E-state index is 0.118. The molecule has 0 bridgehead atoms. The van der Waals surface area contributed by atoms with E-state index in [0.29, 0.717) is 17.5 Å². The Balaban J connectivity index is 1.97. The summed E-state index contributed by atoms with van der Waals surface area (Å²) in [4.78, 5) is 12.3. The maximum absolute atomic E-state index is 12.3. The first-order chi connectivity index (χ1) is 9.72.